The summed E-state index contributed by atoms with van der Waals surface area (Å²) in [5.41, 5.74) is 1.18. The minimum Gasteiger partial charge on any atom is -0.414 e. The standard InChI is InChI=1S/C36H63ClO7Si2/c1-9-45(10-2,11-3)40-27-33-34(37)32(38-8)24-35(41-33)22-20-28(7)36(44-35)25-31(43-46(12-4,13-5)14-6)30(42-36)21-23-39-26-29-18-16-15-17-19-29/h15-19,28,30-34H,9-14,20-27H2,1-8H3/t28-,30-,31-,32+,33+,34-,35+,36-/m0/s1. The van der Waals surface area contributed by atoms with Gasteiger partial charge in [-0.05, 0) is 54.7 Å². The number of hydrogen-bond acceptors (Lipinski definition) is 7. The van der Waals surface area contributed by atoms with Gasteiger partial charge < -0.3 is 32.5 Å². The molecule has 3 fully saturated rings. The molecule has 0 amide bonds. The monoisotopic (exact) mass is 698 g/mol. The summed E-state index contributed by atoms with van der Waals surface area (Å²) in [5.74, 6) is -1.46. The zero-order valence-corrected chi connectivity index (χ0v) is 32.7. The Morgan fingerprint density at radius 1 is 0.848 bits per heavy atom. The maximum Gasteiger partial charge on any atom is 0.192 e. The topological polar surface area (TPSA) is 64.6 Å². The van der Waals surface area contributed by atoms with Crippen LogP contribution in [0.25, 0.3) is 0 Å². The molecule has 2 spiro atoms. The third kappa shape index (κ3) is 8.68. The van der Waals surface area contributed by atoms with E-state index in [2.05, 4.69) is 72.7 Å². The van der Waals surface area contributed by atoms with Crippen molar-refractivity contribution in [2.45, 2.75) is 165 Å². The van der Waals surface area contributed by atoms with Gasteiger partial charge in [0.15, 0.2) is 28.2 Å². The molecule has 4 rings (SSSR count). The highest BCUT2D eigenvalue weighted by molar-refractivity contribution is 6.74. The number of rotatable bonds is 17. The van der Waals surface area contributed by atoms with Gasteiger partial charge in [0.1, 0.15) is 6.10 Å². The molecule has 10 heteroatoms. The molecule has 0 aromatic heterocycles. The van der Waals surface area contributed by atoms with Crippen molar-refractivity contribution in [2.75, 3.05) is 20.3 Å². The second-order valence-electron chi connectivity index (χ2n) is 14.0. The van der Waals surface area contributed by atoms with E-state index in [4.69, 9.17) is 44.1 Å². The largest absolute Gasteiger partial charge is 0.414 e. The Bertz CT molecular complexity index is 1030. The molecule has 3 aliphatic rings. The predicted octanol–water partition coefficient (Wildman–Crippen LogP) is 9.04. The summed E-state index contributed by atoms with van der Waals surface area (Å²) in [6, 6.07) is 16.9. The molecule has 1 aromatic rings. The van der Waals surface area contributed by atoms with Gasteiger partial charge in [-0.25, -0.2) is 0 Å². The fourth-order valence-corrected chi connectivity index (χ4v) is 13.7. The second-order valence-corrected chi connectivity index (χ2v) is 24.0. The number of benzene rings is 1. The van der Waals surface area contributed by atoms with Crippen LogP contribution in [0.4, 0.5) is 0 Å². The Morgan fingerprint density at radius 3 is 2.11 bits per heavy atom. The number of hydrogen-bond donors (Lipinski definition) is 0. The van der Waals surface area contributed by atoms with Crippen LogP contribution in [0, 0.1) is 5.92 Å². The zero-order valence-electron chi connectivity index (χ0n) is 30.0. The van der Waals surface area contributed by atoms with Gasteiger partial charge in [-0.1, -0.05) is 78.8 Å². The van der Waals surface area contributed by atoms with Gasteiger partial charge in [-0.2, -0.15) is 0 Å². The zero-order chi connectivity index (χ0) is 33.4. The van der Waals surface area contributed by atoms with Gasteiger partial charge in [0.25, 0.3) is 0 Å². The molecule has 0 saturated carbocycles. The second kappa shape index (κ2) is 17.1. The van der Waals surface area contributed by atoms with Crippen LogP contribution in [-0.4, -0.2) is 78.3 Å². The lowest BCUT2D eigenvalue weighted by Gasteiger charge is -2.54. The van der Waals surface area contributed by atoms with Crippen LogP contribution >= 0.6 is 11.6 Å². The van der Waals surface area contributed by atoms with E-state index in [1.54, 1.807) is 7.11 Å². The normalized spacial score (nSPS) is 33.7. The molecule has 46 heavy (non-hydrogen) atoms. The molecule has 0 radical (unpaired) electrons. The van der Waals surface area contributed by atoms with Crippen molar-refractivity contribution in [3.8, 4) is 0 Å². The van der Waals surface area contributed by atoms with E-state index in [1.165, 1.54) is 5.56 Å². The van der Waals surface area contributed by atoms with Crippen LogP contribution < -0.4 is 0 Å². The fourth-order valence-electron chi connectivity index (χ4n) is 7.87. The molecule has 7 nitrogen and oxygen atoms in total. The van der Waals surface area contributed by atoms with Crippen molar-refractivity contribution in [1.29, 1.82) is 0 Å². The minimum absolute atomic E-state index is 0.0450. The van der Waals surface area contributed by atoms with Gasteiger partial charge in [0, 0.05) is 38.9 Å². The number of methoxy groups -OCH3 is 1. The molecule has 0 bridgehead atoms. The Hall–Kier alpha value is -0.336. The first-order chi connectivity index (χ1) is 22.1. The van der Waals surface area contributed by atoms with Crippen LogP contribution in [0.5, 0.6) is 0 Å². The van der Waals surface area contributed by atoms with Crippen LogP contribution in [0.1, 0.15) is 86.1 Å². The third-order valence-corrected chi connectivity index (χ3v) is 21.6. The Kier molecular flexibility index (Phi) is 14.3. The molecule has 0 aliphatic carbocycles. The Balaban J connectivity index is 1.54. The molecule has 3 saturated heterocycles. The number of ether oxygens (including phenoxy) is 5. The summed E-state index contributed by atoms with van der Waals surface area (Å²) in [5, 5.41) is -0.313. The molecule has 1 aromatic carbocycles. The first-order valence-electron chi connectivity index (χ1n) is 18.3. The molecule has 0 unspecified atom stereocenters. The molecular formula is C36H63ClO7Si2. The van der Waals surface area contributed by atoms with E-state index in [1.807, 2.05) is 6.07 Å². The molecule has 3 aliphatic heterocycles. The third-order valence-electron chi connectivity index (χ3n) is 11.7. The highest BCUT2D eigenvalue weighted by atomic mass is 35.5. The van der Waals surface area contributed by atoms with Crippen molar-refractivity contribution in [2.24, 2.45) is 5.92 Å². The first-order valence-corrected chi connectivity index (χ1v) is 23.8. The lowest BCUT2D eigenvalue weighted by atomic mass is 9.83. The van der Waals surface area contributed by atoms with Gasteiger partial charge in [-0.15, -0.1) is 11.6 Å². The summed E-state index contributed by atoms with van der Waals surface area (Å²) in [6.07, 6.45) is 3.03. The summed E-state index contributed by atoms with van der Waals surface area (Å²) in [7, 11) is -1.99. The summed E-state index contributed by atoms with van der Waals surface area (Å²) >= 11 is 7.04. The summed E-state index contributed by atoms with van der Waals surface area (Å²) in [4.78, 5) is 0. The number of alkyl halides is 1. The SMILES string of the molecule is CC[Si](CC)(CC)OC[C@H]1O[C@@]2(CC[C@H](C)[C@]3(C[C@H](O[Si](CC)(CC)CC)[C@H](CCOCc4ccccc4)O3)O2)C[C@@H](OC)[C@@H]1Cl. The van der Waals surface area contributed by atoms with Gasteiger partial charge >= 0.3 is 0 Å². The summed E-state index contributed by atoms with van der Waals surface area (Å²) < 4.78 is 47.3. The van der Waals surface area contributed by atoms with E-state index < -0.39 is 28.2 Å². The fraction of sp³-hybridized carbons (Fsp3) is 0.833. The molecule has 264 valence electrons. The van der Waals surface area contributed by atoms with E-state index in [0.717, 1.165) is 55.5 Å². The number of halogens is 1. The first kappa shape index (κ1) is 38.5. The van der Waals surface area contributed by atoms with Crippen molar-refractivity contribution >= 4 is 28.2 Å². The van der Waals surface area contributed by atoms with Crippen LogP contribution in [0.15, 0.2) is 30.3 Å². The quantitative estimate of drug-likeness (QED) is 0.0914. The Labute approximate surface area is 286 Å². The predicted molar refractivity (Wildman–Crippen MR) is 190 cm³/mol. The van der Waals surface area contributed by atoms with Crippen molar-refractivity contribution in [3.63, 3.8) is 0 Å². The maximum atomic E-state index is 7.22. The lowest BCUT2D eigenvalue weighted by Crippen LogP contribution is -2.62. The lowest BCUT2D eigenvalue weighted by molar-refractivity contribution is -0.414. The molecule has 8 atom stereocenters. The molecular weight excluding hydrogens is 636 g/mol. The molecule has 0 N–H and O–H groups in total. The van der Waals surface area contributed by atoms with Gasteiger partial charge in [0.2, 0.25) is 0 Å². The minimum atomic E-state index is -1.91. The van der Waals surface area contributed by atoms with Crippen LogP contribution in [0.2, 0.25) is 36.3 Å². The van der Waals surface area contributed by atoms with Gasteiger partial charge in [0.05, 0.1) is 36.9 Å². The Morgan fingerprint density at radius 2 is 1.50 bits per heavy atom. The van der Waals surface area contributed by atoms with Crippen molar-refractivity contribution in [3.05, 3.63) is 35.9 Å². The average molecular weight is 700 g/mol. The average Bonchev–Trinajstić information content (AvgIpc) is 3.43. The van der Waals surface area contributed by atoms with E-state index in [0.29, 0.717) is 32.7 Å². The van der Waals surface area contributed by atoms with Crippen LogP contribution in [0.3, 0.4) is 0 Å². The van der Waals surface area contributed by atoms with E-state index >= 15 is 0 Å². The highest BCUT2D eigenvalue weighted by Gasteiger charge is 2.61. The van der Waals surface area contributed by atoms with E-state index in [-0.39, 0.29) is 35.7 Å². The van der Waals surface area contributed by atoms with E-state index in [9.17, 15) is 0 Å². The van der Waals surface area contributed by atoms with Crippen LogP contribution in [-0.2, 0) is 39.1 Å². The molecule has 3 heterocycles. The van der Waals surface area contributed by atoms with Gasteiger partial charge in [-0.3, -0.25) is 0 Å². The van der Waals surface area contributed by atoms with Crippen molar-refractivity contribution < 1.29 is 32.5 Å². The highest BCUT2D eigenvalue weighted by Crippen LogP contribution is 2.53. The summed E-state index contributed by atoms with van der Waals surface area (Å²) in [6.45, 7) is 17.5. The van der Waals surface area contributed by atoms with Crippen molar-refractivity contribution in [1.82, 2.24) is 0 Å². The smallest absolute Gasteiger partial charge is 0.192 e. The maximum absolute atomic E-state index is 7.22.